The molecule has 2 aromatic rings. The first-order valence-corrected chi connectivity index (χ1v) is 10.2. The van der Waals surface area contributed by atoms with Crippen LogP contribution in [0.4, 0.5) is 0 Å². The van der Waals surface area contributed by atoms with Crippen molar-refractivity contribution in [3.05, 3.63) is 65.7 Å². The lowest BCUT2D eigenvalue weighted by molar-refractivity contribution is -0.156. The third-order valence-corrected chi connectivity index (χ3v) is 5.80. The lowest BCUT2D eigenvalue weighted by Crippen LogP contribution is -2.53. The third-order valence-electron chi connectivity index (χ3n) is 4.48. The number of carbonyl (C=O) groups is 3. The molecule has 0 bridgehead atoms. The quantitative estimate of drug-likeness (QED) is 0.733. The smallest absolute Gasteiger partial charge is 0.302 e. The Morgan fingerprint density at radius 3 is 2.48 bits per heavy atom. The number of rotatable bonds is 6. The van der Waals surface area contributed by atoms with Gasteiger partial charge in [-0.3, -0.25) is 14.4 Å². The largest absolute Gasteiger partial charge is 0.463 e. The van der Waals surface area contributed by atoms with Crippen molar-refractivity contribution in [2.75, 3.05) is 6.61 Å². The maximum absolute atomic E-state index is 12.6. The Hall–Kier alpha value is -2.64. The molecule has 29 heavy (non-hydrogen) atoms. The number of Topliss-reactive ketones (excluding diaryl/α,β-unsaturated/α-hetero) is 1. The predicted molar refractivity (Wildman–Crippen MR) is 110 cm³/mol. The number of thioether (sulfide) groups is 1. The molecule has 7 heteroatoms. The summed E-state index contributed by atoms with van der Waals surface area (Å²) < 4.78 is 11.0. The van der Waals surface area contributed by atoms with Crippen molar-refractivity contribution < 1.29 is 23.9 Å². The molecule has 2 aromatic carbocycles. The van der Waals surface area contributed by atoms with Gasteiger partial charge in [0.1, 0.15) is 12.7 Å². The number of carbonyl (C=O) groups excluding carboxylic acids is 3. The number of benzene rings is 2. The monoisotopic (exact) mass is 413 g/mol. The van der Waals surface area contributed by atoms with E-state index in [1.54, 1.807) is 30.3 Å². The molecule has 0 saturated carbocycles. The fourth-order valence-corrected chi connectivity index (χ4v) is 4.12. The third kappa shape index (κ3) is 5.92. The Balaban J connectivity index is 1.70. The van der Waals surface area contributed by atoms with E-state index in [2.05, 4.69) is 5.32 Å². The Labute approximate surface area is 174 Å². The minimum atomic E-state index is -1.07. The van der Waals surface area contributed by atoms with Crippen LogP contribution in [0, 0.1) is 6.92 Å². The molecule has 0 radical (unpaired) electrons. The van der Waals surface area contributed by atoms with E-state index in [1.807, 2.05) is 31.2 Å². The normalized spacial score (nSPS) is 21.4. The summed E-state index contributed by atoms with van der Waals surface area (Å²) in [6.45, 7) is 3.35. The van der Waals surface area contributed by atoms with E-state index in [-0.39, 0.29) is 30.0 Å². The van der Waals surface area contributed by atoms with Crippen LogP contribution in [0.1, 0.15) is 29.3 Å². The van der Waals surface area contributed by atoms with E-state index >= 15 is 0 Å². The van der Waals surface area contributed by atoms with Gasteiger partial charge in [0.2, 0.25) is 0 Å². The van der Waals surface area contributed by atoms with Gasteiger partial charge in [-0.25, -0.2) is 0 Å². The van der Waals surface area contributed by atoms with E-state index in [9.17, 15) is 14.4 Å². The lowest BCUT2D eigenvalue weighted by atomic mass is 10.1. The summed E-state index contributed by atoms with van der Waals surface area (Å²) in [5.41, 5.74) is 1.59. The summed E-state index contributed by atoms with van der Waals surface area (Å²) in [7, 11) is 0. The van der Waals surface area contributed by atoms with Crippen molar-refractivity contribution >= 4 is 29.4 Å². The first-order valence-electron chi connectivity index (χ1n) is 9.33. The van der Waals surface area contributed by atoms with Gasteiger partial charge < -0.3 is 14.8 Å². The zero-order valence-corrected chi connectivity index (χ0v) is 17.1. The van der Waals surface area contributed by atoms with Gasteiger partial charge in [0.25, 0.3) is 5.91 Å². The molecule has 1 aliphatic heterocycles. The van der Waals surface area contributed by atoms with E-state index in [0.717, 1.165) is 10.5 Å². The van der Waals surface area contributed by atoms with Gasteiger partial charge in [-0.1, -0.05) is 35.9 Å². The Kier molecular flexibility index (Phi) is 7.06. The standard InChI is InChI=1S/C22H23NO5S/c1-14-8-10-17(11-9-14)29-20-12-18(25)22(28-19(20)13-27-15(2)24)23-21(26)16-6-4-3-5-7-16/h3-11,19-20,22H,12-13H2,1-2H3,(H,23,26)/t19-,20?,22-/m1/s1. The molecule has 0 aromatic heterocycles. The molecule has 0 spiro atoms. The average Bonchev–Trinajstić information content (AvgIpc) is 2.71. The molecular formula is C22H23NO5S. The zero-order valence-electron chi connectivity index (χ0n) is 16.3. The second-order valence-corrected chi connectivity index (χ2v) is 8.15. The number of esters is 1. The van der Waals surface area contributed by atoms with Gasteiger partial charge >= 0.3 is 5.97 Å². The fraction of sp³-hybridized carbons (Fsp3) is 0.318. The first-order chi connectivity index (χ1) is 13.9. The molecular weight excluding hydrogens is 390 g/mol. The number of aryl methyl sites for hydroxylation is 1. The van der Waals surface area contributed by atoms with Crippen LogP contribution in [0.5, 0.6) is 0 Å². The molecule has 1 fully saturated rings. The van der Waals surface area contributed by atoms with Crippen molar-refractivity contribution in [2.45, 2.75) is 42.7 Å². The first kappa shape index (κ1) is 21.1. The van der Waals surface area contributed by atoms with Crippen LogP contribution in [0.2, 0.25) is 0 Å². The minimum absolute atomic E-state index is 0.0177. The van der Waals surface area contributed by atoms with E-state index in [1.165, 1.54) is 18.7 Å². The van der Waals surface area contributed by atoms with Crippen LogP contribution in [0.3, 0.4) is 0 Å². The van der Waals surface area contributed by atoms with Gasteiger partial charge in [-0.05, 0) is 31.2 Å². The molecule has 1 amide bonds. The number of ketones is 1. The summed E-state index contributed by atoms with van der Waals surface area (Å²) in [6, 6.07) is 16.6. The van der Waals surface area contributed by atoms with Gasteiger partial charge in [-0.15, -0.1) is 11.8 Å². The van der Waals surface area contributed by atoms with Crippen LogP contribution >= 0.6 is 11.8 Å². The maximum atomic E-state index is 12.6. The number of amides is 1. The highest BCUT2D eigenvalue weighted by Crippen LogP contribution is 2.33. The van der Waals surface area contributed by atoms with Crippen LogP contribution < -0.4 is 5.32 Å². The van der Waals surface area contributed by atoms with Gasteiger partial charge in [0.15, 0.2) is 12.0 Å². The summed E-state index contributed by atoms with van der Waals surface area (Å²) in [6.07, 6.45) is -1.40. The molecule has 6 nitrogen and oxygen atoms in total. The Morgan fingerprint density at radius 2 is 1.83 bits per heavy atom. The number of ether oxygens (including phenoxy) is 2. The molecule has 1 unspecified atom stereocenters. The molecule has 0 aliphatic carbocycles. The van der Waals surface area contributed by atoms with Crippen LogP contribution in [0.25, 0.3) is 0 Å². The van der Waals surface area contributed by atoms with Crippen molar-refractivity contribution in [1.82, 2.24) is 5.32 Å². The highest BCUT2D eigenvalue weighted by Gasteiger charge is 2.39. The predicted octanol–water partition coefficient (Wildman–Crippen LogP) is 3.13. The second-order valence-electron chi connectivity index (χ2n) is 6.84. The SMILES string of the molecule is CC(=O)OC[C@H]1O[C@@H](NC(=O)c2ccccc2)C(=O)CC1Sc1ccc(C)cc1. The number of hydrogen-bond donors (Lipinski definition) is 1. The van der Waals surface area contributed by atoms with Crippen LogP contribution in [-0.2, 0) is 19.1 Å². The highest BCUT2D eigenvalue weighted by molar-refractivity contribution is 8.00. The zero-order chi connectivity index (χ0) is 20.8. The molecule has 3 rings (SSSR count). The summed E-state index contributed by atoms with van der Waals surface area (Å²) in [5.74, 6) is -1.02. The van der Waals surface area contributed by atoms with Crippen LogP contribution in [0.15, 0.2) is 59.5 Å². The lowest BCUT2D eigenvalue weighted by Gasteiger charge is -2.35. The average molecular weight is 413 g/mol. The van der Waals surface area contributed by atoms with Crippen LogP contribution in [-0.4, -0.2) is 41.8 Å². The summed E-state index contributed by atoms with van der Waals surface area (Å²) in [5, 5.41) is 2.41. The topological polar surface area (TPSA) is 81.7 Å². The van der Waals surface area contributed by atoms with Crippen molar-refractivity contribution in [2.24, 2.45) is 0 Å². The molecule has 3 atom stereocenters. The van der Waals surface area contributed by atoms with Gasteiger partial charge in [0, 0.05) is 29.1 Å². The fourth-order valence-electron chi connectivity index (χ4n) is 2.94. The molecule has 1 aliphatic rings. The maximum Gasteiger partial charge on any atom is 0.302 e. The molecule has 1 heterocycles. The molecule has 1 N–H and O–H groups in total. The van der Waals surface area contributed by atoms with Crippen molar-refractivity contribution in [1.29, 1.82) is 0 Å². The van der Waals surface area contributed by atoms with E-state index < -0.39 is 18.3 Å². The van der Waals surface area contributed by atoms with Gasteiger partial charge in [-0.2, -0.15) is 0 Å². The molecule has 1 saturated heterocycles. The second kappa shape index (κ2) is 9.71. The van der Waals surface area contributed by atoms with E-state index in [0.29, 0.717) is 5.56 Å². The number of hydrogen-bond acceptors (Lipinski definition) is 6. The van der Waals surface area contributed by atoms with Crippen molar-refractivity contribution in [3.8, 4) is 0 Å². The van der Waals surface area contributed by atoms with E-state index in [4.69, 9.17) is 9.47 Å². The Morgan fingerprint density at radius 1 is 1.14 bits per heavy atom. The van der Waals surface area contributed by atoms with Crippen molar-refractivity contribution in [3.63, 3.8) is 0 Å². The highest BCUT2D eigenvalue weighted by atomic mass is 32.2. The summed E-state index contributed by atoms with van der Waals surface area (Å²) >= 11 is 1.50. The number of nitrogens with one attached hydrogen (secondary N) is 1. The molecule has 152 valence electrons. The minimum Gasteiger partial charge on any atom is -0.463 e. The Bertz CT molecular complexity index is 869. The van der Waals surface area contributed by atoms with Gasteiger partial charge in [0.05, 0.1) is 0 Å². The summed E-state index contributed by atoms with van der Waals surface area (Å²) in [4.78, 5) is 37.3.